The minimum absolute atomic E-state index is 0.00533. The molecule has 1 aromatic carbocycles. The van der Waals surface area contributed by atoms with Crippen LogP contribution in [-0.2, 0) is 30.3 Å². The number of carbonyl (C=O) groups is 4. The molecule has 3 unspecified atom stereocenters. The number of amides is 1. The monoisotopic (exact) mass is 687 g/mol. The molecule has 1 aromatic rings. The molecule has 5 aliphatic carbocycles. The number of aliphatic carboxylic acids is 1. The molecule has 1 amide bonds. The van der Waals surface area contributed by atoms with Crippen molar-refractivity contribution < 1.29 is 29.0 Å². The standard InChI is InChI=1S/C43H61NO6/c1-26(2)35-29(45)24-43(44-33(46)23-27-13-11-10-12-14-27)22-21-41(8)28(36(35)43)15-16-31-40(7)19-18-32(50-34(47)25-38(3,4)37(48)49)39(5,6)30(40)17-20-42(31,41)9/h10-14,26,30-32,35H,15-25H2,1-9H3,(H,44,46)(H,48,49)/t30?,31?,32-,35?,40-,41+,42+,43+/m0/s1. The zero-order valence-electron chi connectivity index (χ0n) is 32.0. The smallest absolute Gasteiger partial charge is 0.309 e. The van der Waals surface area contributed by atoms with Crippen LogP contribution in [0.3, 0.4) is 0 Å². The molecule has 8 atom stereocenters. The van der Waals surface area contributed by atoms with Crippen LogP contribution < -0.4 is 5.32 Å². The summed E-state index contributed by atoms with van der Waals surface area (Å²) < 4.78 is 6.15. The molecule has 50 heavy (non-hydrogen) atoms. The van der Waals surface area contributed by atoms with Crippen LogP contribution in [0.1, 0.15) is 132 Å². The molecule has 2 N–H and O–H groups in total. The molecule has 7 heteroatoms. The van der Waals surface area contributed by atoms with Gasteiger partial charge in [-0.3, -0.25) is 19.2 Å². The topological polar surface area (TPSA) is 110 Å². The van der Waals surface area contributed by atoms with E-state index in [0.717, 1.165) is 56.9 Å². The highest BCUT2D eigenvalue weighted by Crippen LogP contribution is 2.75. The van der Waals surface area contributed by atoms with E-state index in [9.17, 15) is 24.3 Å². The third-order valence-electron chi connectivity index (χ3n) is 15.3. The van der Waals surface area contributed by atoms with Gasteiger partial charge in [-0.25, -0.2) is 0 Å². The number of hydrogen-bond acceptors (Lipinski definition) is 5. The number of nitrogens with one attached hydrogen (secondary N) is 1. The molecule has 0 heterocycles. The molecule has 0 spiro atoms. The van der Waals surface area contributed by atoms with Crippen molar-refractivity contribution in [2.75, 3.05) is 0 Å². The number of carbonyl (C=O) groups excluding carboxylic acids is 3. The summed E-state index contributed by atoms with van der Waals surface area (Å²) in [6.07, 6.45) is 7.91. The van der Waals surface area contributed by atoms with Gasteiger partial charge >= 0.3 is 11.9 Å². The lowest BCUT2D eigenvalue weighted by Gasteiger charge is -2.70. The van der Waals surface area contributed by atoms with E-state index in [1.807, 2.05) is 30.3 Å². The fourth-order valence-electron chi connectivity index (χ4n) is 12.6. The molecular formula is C43H61NO6. The molecule has 0 aromatic heterocycles. The number of fused-ring (bicyclic) bond motifs is 6. The van der Waals surface area contributed by atoms with E-state index in [-0.39, 0.29) is 57.7 Å². The summed E-state index contributed by atoms with van der Waals surface area (Å²) in [5.74, 6) is -0.310. The number of carboxylic acids is 1. The largest absolute Gasteiger partial charge is 0.481 e. The van der Waals surface area contributed by atoms with Crippen LogP contribution in [0, 0.1) is 50.7 Å². The molecule has 5 aliphatic rings. The summed E-state index contributed by atoms with van der Waals surface area (Å²) in [6.45, 7) is 19.5. The van der Waals surface area contributed by atoms with Crippen LogP contribution in [0.15, 0.2) is 41.5 Å². The van der Waals surface area contributed by atoms with E-state index in [2.05, 4.69) is 53.8 Å². The predicted molar refractivity (Wildman–Crippen MR) is 194 cm³/mol. The predicted octanol–water partition coefficient (Wildman–Crippen LogP) is 8.49. The number of hydrogen-bond donors (Lipinski definition) is 2. The summed E-state index contributed by atoms with van der Waals surface area (Å²) in [6, 6.07) is 9.87. The fourth-order valence-corrected chi connectivity index (χ4v) is 12.6. The summed E-state index contributed by atoms with van der Waals surface area (Å²) >= 11 is 0. The van der Waals surface area contributed by atoms with Gasteiger partial charge in [0, 0.05) is 17.8 Å². The van der Waals surface area contributed by atoms with E-state index < -0.39 is 22.9 Å². The van der Waals surface area contributed by atoms with Gasteiger partial charge in [0.1, 0.15) is 11.9 Å². The number of allylic oxidation sites excluding steroid dienone is 1. The maximum absolute atomic E-state index is 13.9. The van der Waals surface area contributed by atoms with E-state index in [0.29, 0.717) is 24.7 Å². The first-order chi connectivity index (χ1) is 23.2. The lowest BCUT2D eigenvalue weighted by Crippen LogP contribution is -2.65. The molecule has 6 rings (SSSR count). The second kappa shape index (κ2) is 12.3. The molecule has 0 radical (unpaired) electrons. The SMILES string of the molecule is CC(C)C1C(=O)C[C@]2(NC(=O)Cc3ccccc3)CC[C@]3(C)C(=C12)CCC1[C@@]2(C)CC[C@H](OC(=O)CC(C)(C)C(=O)O)C(C)(C)C2CC[C@]13C. The number of Topliss-reactive ketones (excluding diaryl/α,β-unsaturated/α-hetero) is 1. The third-order valence-corrected chi connectivity index (χ3v) is 15.3. The number of carboxylic acid groups (broad SMARTS) is 1. The van der Waals surface area contributed by atoms with Crippen LogP contribution in [0.5, 0.6) is 0 Å². The third kappa shape index (κ3) is 5.59. The van der Waals surface area contributed by atoms with Gasteiger partial charge < -0.3 is 15.2 Å². The second-order valence-corrected chi connectivity index (χ2v) is 19.2. The van der Waals surface area contributed by atoms with Crippen molar-refractivity contribution >= 4 is 23.6 Å². The van der Waals surface area contributed by atoms with Gasteiger partial charge in [-0.15, -0.1) is 0 Å². The summed E-state index contributed by atoms with van der Waals surface area (Å²) in [5.41, 5.74) is 1.67. The number of esters is 1. The van der Waals surface area contributed by atoms with E-state index in [1.54, 1.807) is 13.8 Å². The Hall–Kier alpha value is -2.96. The van der Waals surface area contributed by atoms with Crippen LogP contribution in [0.2, 0.25) is 0 Å². The molecule has 0 saturated heterocycles. The highest BCUT2D eigenvalue weighted by Gasteiger charge is 2.69. The van der Waals surface area contributed by atoms with Crippen molar-refractivity contribution in [2.24, 2.45) is 50.7 Å². The first-order valence-corrected chi connectivity index (χ1v) is 19.3. The quantitative estimate of drug-likeness (QED) is 0.210. The van der Waals surface area contributed by atoms with Crippen LogP contribution in [0.25, 0.3) is 0 Å². The zero-order chi connectivity index (χ0) is 36.7. The van der Waals surface area contributed by atoms with Gasteiger partial charge in [0.05, 0.1) is 23.8 Å². The molecule has 7 nitrogen and oxygen atoms in total. The Bertz CT molecular complexity index is 1590. The maximum Gasteiger partial charge on any atom is 0.309 e. The first-order valence-electron chi connectivity index (χ1n) is 19.3. The summed E-state index contributed by atoms with van der Waals surface area (Å²) in [5, 5.41) is 13.1. The minimum atomic E-state index is -1.17. The van der Waals surface area contributed by atoms with Gasteiger partial charge in [-0.2, -0.15) is 0 Å². The number of rotatable bonds is 8. The Balaban J connectivity index is 1.31. The second-order valence-electron chi connectivity index (χ2n) is 19.2. The van der Waals surface area contributed by atoms with Gasteiger partial charge in [-0.1, -0.05) is 84.4 Å². The van der Waals surface area contributed by atoms with Crippen molar-refractivity contribution in [3.63, 3.8) is 0 Å². The number of benzene rings is 1. The molecule has 0 bridgehead atoms. The Morgan fingerprint density at radius 3 is 2.26 bits per heavy atom. The number of ketones is 1. The first kappa shape index (κ1) is 36.8. The van der Waals surface area contributed by atoms with Gasteiger partial charge in [-0.05, 0) is 110 Å². The molecular weight excluding hydrogens is 626 g/mol. The minimum Gasteiger partial charge on any atom is -0.481 e. The number of ether oxygens (including phenoxy) is 1. The fraction of sp³-hybridized carbons (Fsp3) is 0.721. The highest BCUT2D eigenvalue weighted by molar-refractivity contribution is 5.93. The molecule has 274 valence electrons. The van der Waals surface area contributed by atoms with E-state index >= 15 is 0 Å². The molecule has 4 saturated carbocycles. The van der Waals surface area contributed by atoms with Crippen molar-refractivity contribution in [2.45, 2.75) is 145 Å². The van der Waals surface area contributed by atoms with Gasteiger partial charge in [0.2, 0.25) is 5.91 Å². The van der Waals surface area contributed by atoms with Crippen molar-refractivity contribution in [1.82, 2.24) is 5.32 Å². The van der Waals surface area contributed by atoms with Gasteiger partial charge in [0.15, 0.2) is 0 Å². The Morgan fingerprint density at radius 2 is 1.62 bits per heavy atom. The van der Waals surface area contributed by atoms with Crippen molar-refractivity contribution in [3.05, 3.63) is 47.0 Å². The summed E-state index contributed by atoms with van der Waals surface area (Å²) in [4.78, 5) is 52.4. The lowest BCUT2D eigenvalue weighted by molar-refractivity contribution is -0.214. The Kier molecular flexibility index (Phi) is 9.08. The highest BCUT2D eigenvalue weighted by atomic mass is 16.5. The van der Waals surface area contributed by atoms with Crippen LogP contribution in [-0.4, -0.2) is 40.4 Å². The van der Waals surface area contributed by atoms with Crippen LogP contribution >= 0.6 is 0 Å². The Labute approximate surface area is 299 Å². The van der Waals surface area contributed by atoms with Crippen molar-refractivity contribution in [3.8, 4) is 0 Å². The van der Waals surface area contributed by atoms with Crippen molar-refractivity contribution in [1.29, 1.82) is 0 Å². The lowest BCUT2D eigenvalue weighted by atomic mass is 9.34. The summed E-state index contributed by atoms with van der Waals surface area (Å²) in [7, 11) is 0. The van der Waals surface area contributed by atoms with E-state index in [4.69, 9.17) is 4.74 Å². The molecule has 0 aliphatic heterocycles. The maximum atomic E-state index is 13.9. The normalized spacial score (nSPS) is 37.7. The van der Waals surface area contributed by atoms with Crippen LogP contribution in [0.4, 0.5) is 0 Å². The average molecular weight is 688 g/mol. The average Bonchev–Trinajstić information content (AvgIpc) is 3.30. The van der Waals surface area contributed by atoms with E-state index in [1.165, 1.54) is 11.1 Å². The zero-order valence-corrected chi connectivity index (χ0v) is 32.0. The Morgan fingerprint density at radius 1 is 0.940 bits per heavy atom. The van der Waals surface area contributed by atoms with Gasteiger partial charge in [0.25, 0.3) is 0 Å². The molecule has 4 fully saturated rings.